The molecule has 22 aromatic rings. The first-order valence-corrected chi connectivity index (χ1v) is 39.2. The molecule has 113 heavy (non-hydrogen) atoms. The molecule has 3 aliphatic carbocycles. The molecule has 1 nitrogen and oxygen atoms in total. The fourth-order valence-corrected chi connectivity index (χ4v) is 18.8. The third-order valence-electron chi connectivity index (χ3n) is 24.2. The Morgan fingerprint density at radius 3 is 0.991 bits per heavy atom. The average molecular weight is 1430 g/mol. The molecule has 0 radical (unpaired) electrons. The van der Waals surface area contributed by atoms with Crippen molar-refractivity contribution in [1.29, 1.82) is 0 Å². The van der Waals surface area contributed by atoms with Crippen LogP contribution in [-0.4, -0.2) is 0 Å². The highest BCUT2D eigenvalue weighted by molar-refractivity contribution is 6.22. The number of hydrogen-bond donors (Lipinski definition) is 0. The summed E-state index contributed by atoms with van der Waals surface area (Å²) in [6, 6.07) is 151. The molecule has 0 fully saturated rings. The Kier molecular flexibility index (Phi) is 14.8. The first kappa shape index (κ1) is 64.3. The maximum Gasteiger partial charge on any atom is 0.135 e. The second-order valence-corrected chi connectivity index (χ2v) is 30.4. The third kappa shape index (κ3) is 10.6. The van der Waals surface area contributed by atoms with Crippen molar-refractivity contribution in [2.75, 3.05) is 0 Å². The van der Waals surface area contributed by atoms with Crippen LogP contribution in [0.15, 0.2) is 417 Å². The summed E-state index contributed by atoms with van der Waals surface area (Å²) >= 11 is 0. The molecule has 21 aromatic carbocycles. The Labute approximate surface area is 654 Å². The minimum Gasteiger partial charge on any atom is -0.456 e. The Hall–Kier alpha value is -14.8. The first-order chi connectivity index (χ1) is 56.0. The van der Waals surface area contributed by atoms with Gasteiger partial charge < -0.3 is 4.42 Å². The lowest BCUT2D eigenvalue weighted by Crippen LogP contribution is -1.86. The van der Waals surface area contributed by atoms with Crippen molar-refractivity contribution in [1.82, 2.24) is 0 Å². The zero-order valence-electron chi connectivity index (χ0n) is 61.7. The standard InChI is InChI=1S/C42H26.C36H22.C34H20O/c1-2-8-28-23-31(16-15-27(28)7-1)33-20-19-32-24-30(17-18-34(32)25-33)29-9-5-10-35(26-29)36-21-22-41-38-12-4-3-11-37(38)40-14-6-13-39(36)42(40)41;1-2-9-25-21-26(16-15-23(25)7-1)30-19-20-34-35-22-27(29-12-5-10-24-8-3-4-11-28(24)29)17-18-31(35)33-14-6-13-32(30)36(33)34;1-2-7-26-25(6-1)29-10-5-9-28-24(17-18-30(26)34(28)29)22-14-12-21(13-15-22)23-16-19-33-31(20-23)27-8-3-4-11-32(27)35-33/h1-26H;1-22H;1-20H. The number of furan rings is 1. The molecule has 0 unspecified atom stereocenters. The molecule has 1 heteroatoms. The Morgan fingerprint density at radius 2 is 0.407 bits per heavy atom. The largest absolute Gasteiger partial charge is 0.456 e. The van der Waals surface area contributed by atoms with Gasteiger partial charge in [-0.05, 0) is 275 Å². The molecular weight excluding hydrogens is 1360 g/mol. The highest BCUT2D eigenvalue weighted by Gasteiger charge is 2.27. The molecule has 522 valence electrons. The summed E-state index contributed by atoms with van der Waals surface area (Å²) in [6.45, 7) is 0. The van der Waals surface area contributed by atoms with E-state index in [0.29, 0.717) is 0 Å². The second kappa shape index (κ2) is 26.0. The van der Waals surface area contributed by atoms with Crippen molar-refractivity contribution in [2.24, 2.45) is 0 Å². The van der Waals surface area contributed by atoms with Crippen LogP contribution in [-0.2, 0) is 0 Å². The van der Waals surface area contributed by atoms with E-state index in [1.54, 1.807) is 0 Å². The maximum atomic E-state index is 6.01. The van der Waals surface area contributed by atoms with E-state index in [1.807, 2.05) is 12.1 Å². The van der Waals surface area contributed by atoms with E-state index in [-0.39, 0.29) is 0 Å². The Balaban J connectivity index is 0.000000101. The van der Waals surface area contributed by atoms with Crippen molar-refractivity contribution in [3.63, 3.8) is 0 Å². The van der Waals surface area contributed by atoms with E-state index >= 15 is 0 Å². The smallest absolute Gasteiger partial charge is 0.135 e. The molecule has 0 amide bonds. The van der Waals surface area contributed by atoms with E-state index in [0.717, 1.165) is 21.9 Å². The lowest BCUT2D eigenvalue weighted by molar-refractivity contribution is 0.669. The van der Waals surface area contributed by atoms with Gasteiger partial charge >= 0.3 is 0 Å². The van der Waals surface area contributed by atoms with Gasteiger partial charge in [0.25, 0.3) is 0 Å². The summed E-state index contributed by atoms with van der Waals surface area (Å²) in [5.74, 6) is 0. The lowest BCUT2D eigenvalue weighted by atomic mass is 9.92. The summed E-state index contributed by atoms with van der Waals surface area (Å²) in [5.41, 5.74) is 35.5. The molecule has 3 aliphatic rings. The number of rotatable bonds is 7. The van der Waals surface area contributed by atoms with Crippen molar-refractivity contribution in [2.45, 2.75) is 0 Å². The van der Waals surface area contributed by atoms with Crippen LogP contribution in [0.1, 0.15) is 0 Å². The minimum atomic E-state index is 0.931. The van der Waals surface area contributed by atoms with E-state index < -0.39 is 0 Å². The predicted octanol–water partition coefficient (Wildman–Crippen LogP) is 31.6. The Morgan fingerprint density at radius 1 is 0.115 bits per heavy atom. The topological polar surface area (TPSA) is 13.1 Å². The minimum absolute atomic E-state index is 0.931. The second-order valence-electron chi connectivity index (χ2n) is 30.4. The normalized spacial score (nSPS) is 11.9. The van der Waals surface area contributed by atoms with Gasteiger partial charge in [-0.2, -0.15) is 0 Å². The molecule has 0 saturated carbocycles. The van der Waals surface area contributed by atoms with Crippen molar-refractivity contribution in [3.8, 4) is 145 Å². The van der Waals surface area contributed by atoms with Crippen LogP contribution in [0.5, 0.6) is 0 Å². The SMILES string of the molecule is c1cc(-c2ccc3cc(-c4ccc5ccccc5c4)ccc3c2)cc(-c2ccc3c4c(cccc24)-c2ccccc2-3)c1.c1ccc2c(c1)-c1cccc3c(-c4ccc(-c5ccc6oc7ccccc7c6c5)cc4)ccc-2c13.c1ccc2cc(-c3ccc4c5c(cccc35)-c3ccc(-c5cccc6ccccc56)cc3-4)ccc2c1. The van der Waals surface area contributed by atoms with Crippen LogP contribution in [0.2, 0.25) is 0 Å². The van der Waals surface area contributed by atoms with Gasteiger partial charge in [-0.3, -0.25) is 0 Å². The quantitative estimate of drug-likeness (QED) is 0.155. The molecule has 0 saturated heterocycles. The number of hydrogen-bond acceptors (Lipinski definition) is 1. The van der Waals surface area contributed by atoms with Crippen LogP contribution < -0.4 is 0 Å². The van der Waals surface area contributed by atoms with E-state index in [1.165, 1.54) is 220 Å². The summed E-state index contributed by atoms with van der Waals surface area (Å²) < 4.78 is 6.01. The average Bonchev–Trinajstić information content (AvgIpc) is 1.59. The lowest BCUT2D eigenvalue weighted by Gasteiger charge is -2.12. The molecule has 0 bridgehead atoms. The van der Waals surface area contributed by atoms with Gasteiger partial charge in [-0.15, -0.1) is 0 Å². The van der Waals surface area contributed by atoms with E-state index in [2.05, 4.69) is 400 Å². The van der Waals surface area contributed by atoms with Gasteiger partial charge in [-0.1, -0.05) is 358 Å². The van der Waals surface area contributed by atoms with Crippen LogP contribution >= 0.6 is 0 Å². The molecule has 0 spiro atoms. The van der Waals surface area contributed by atoms with E-state index in [4.69, 9.17) is 4.42 Å². The van der Waals surface area contributed by atoms with Gasteiger partial charge in [0.2, 0.25) is 0 Å². The van der Waals surface area contributed by atoms with Gasteiger partial charge in [0.1, 0.15) is 11.2 Å². The van der Waals surface area contributed by atoms with Gasteiger partial charge in [0.05, 0.1) is 0 Å². The fourth-order valence-electron chi connectivity index (χ4n) is 18.8. The summed E-state index contributed by atoms with van der Waals surface area (Å²) in [4.78, 5) is 0. The van der Waals surface area contributed by atoms with Gasteiger partial charge in [0, 0.05) is 10.8 Å². The van der Waals surface area contributed by atoms with Crippen LogP contribution in [0.4, 0.5) is 0 Å². The number of para-hydroxylation sites is 1. The molecular formula is C112H68O. The highest BCUT2D eigenvalue weighted by atomic mass is 16.3. The highest BCUT2D eigenvalue weighted by Crippen LogP contribution is 2.54. The van der Waals surface area contributed by atoms with Gasteiger partial charge in [-0.25, -0.2) is 0 Å². The summed E-state index contributed by atoms with van der Waals surface area (Å²) in [7, 11) is 0. The Bertz CT molecular complexity index is 7670. The van der Waals surface area contributed by atoms with E-state index in [9.17, 15) is 0 Å². The van der Waals surface area contributed by atoms with Gasteiger partial charge in [0.15, 0.2) is 0 Å². The van der Waals surface area contributed by atoms with Crippen molar-refractivity contribution in [3.05, 3.63) is 413 Å². The molecule has 0 aliphatic heterocycles. The van der Waals surface area contributed by atoms with Crippen LogP contribution in [0.25, 0.3) is 242 Å². The third-order valence-corrected chi connectivity index (χ3v) is 24.2. The number of fused-ring (bicyclic) bond motifs is 16. The predicted molar refractivity (Wildman–Crippen MR) is 480 cm³/mol. The number of benzene rings is 21. The monoisotopic (exact) mass is 1430 g/mol. The van der Waals surface area contributed by atoms with Crippen molar-refractivity contribution >= 4 is 97.3 Å². The summed E-state index contributed by atoms with van der Waals surface area (Å²) in [5, 5.41) is 20.6. The molecule has 1 aromatic heterocycles. The zero-order chi connectivity index (χ0) is 74.2. The van der Waals surface area contributed by atoms with Crippen LogP contribution in [0.3, 0.4) is 0 Å². The first-order valence-electron chi connectivity index (χ1n) is 39.2. The maximum absolute atomic E-state index is 6.01. The molecule has 0 atom stereocenters. The molecule has 0 N–H and O–H groups in total. The zero-order valence-corrected chi connectivity index (χ0v) is 61.7. The molecule has 25 rings (SSSR count). The van der Waals surface area contributed by atoms with Crippen molar-refractivity contribution < 1.29 is 4.42 Å². The van der Waals surface area contributed by atoms with Crippen LogP contribution in [0, 0.1) is 0 Å². The fraction of sp³-hybridized carbons (Fsp3) is 0. The molecule has 1 heterocycles. The summed E-state index contributed by atoms with van der Waals surface area (Å²) in [6.07, 6.45) is 0.